The van der Waals surface area contributed by atoms with Gasteiger partial charge in [-0.3, -0.25) is 0 Å². The second-order valence-corrected chi connectivity index (χ2v) is 6.26. The quantitative estimate of drug-likeness (QED) is 0.439. The van der Waals surface area contributed by atoms with E-state index in [0.29, 0.717) is 18.2 Å². The first-order valence-corrected chi connectivity index (χ1v) is 8.98. The Kier molecular flexibility index (Phi) is 6.72. The molecule has 3 rings (SSSR count). The Labute approximate surface area is 164 Å². The molecular formula is C22H21ClN2O2. The number of ether oxygens (including phenoxy) is 2. The van der Waals surface area contributed by atoms with Gasteiger partial charge in [-0.05, 0) is 42.0 Å². The molecule has 0 bridgehead atoms. The molecule has 27 heavy (non-hydrogen) atoms. The fraction of sp³-hybridized carbons (Fsp3) is 0.136. The van der Waals surface area contributed by atoms with E-state index in [1.165, 1.54) is 0 Å². The van der Waals surface area contributed by atoms with Crippen LogP contribution in [0.25, 0.3) is 0 Å². The molecule has 0 aliphatic rings. The fourth-order valence-corrected chi connectivity index (χ4v) is 2.72. The Balaban J connectivity index is 1.50. The number of nitrogens with one attached hydrogen (secondary N) is 1. The van der Waals surface area contributed by atoms with E-state index >= 15 is 0 Å². The lowest BCUT2D eigenvalue weighted by Gasteiger charge is -2.08. The van der Waals surface area contributed by atoms with E-state index in [0.717, 1.165) is 28.2 Å². The van der Waals surface area contributed by atoms with Gasteiger partial charge in [0.15, 0.2) is 0 Å². The molecule has 0 spiro atoms. The zero-order chi connectivity index (χ0) is 18.9. The van der Waals surface area contributed by atoms with Crippen molar-refractivity contribution in [2.75, 3.05) is 7.11 Å². The summed E-state index contributed by atoms with van der Waals surface area (Å²) in [4.78, 5) is 0. The van der Waals surface area contributed by atoms with Crippen LogP contribution in [0.1, 0.15) is 16.7 Å². The summed E-state index contributed by atoms with van der Waals surface area (Å²) in [5.74, 6) is 1.63. The first-order chi connectivity index (χ1) is 13.3. The van der Waals surface area contributed by atoms with Gasteiger partial charge in [-0.25, -0.2) is 0 Å². The molecule has 0 aromatic heterocycles. The summed E-state index contributed by atoms with van der Waals surface area (Å²) in [6.07, 6.45) is 1.77. The summed E-state index contributed by atoms with van der Waals surface area (Å²) in [7, 11) is 1.66. The summed E-state index contributed by atoms with van der Waals surface area (Å²) in [6, 6.07) is 23.3. The Hall–Kier alpha value is -2.98. The molecule has 0 amide bonds. The second kappa shape index (κ2) is 9.64. The molecule has 3 aromatic rings. The largest absolute Gasteiger partial charge is 0.496 e. The Morgan fingerprint density at radius 2 is 1.63 bits per heavy atom. The number of nitrogens with zero attached hydrogens (tertiary/aromatic N) is 1. The number of para-hydroxylation sites is 1. The number of hydrazone groups is 1. The molecule has 0 heterocycles. The lowest BCUT2D eigenvalue weighted by molar-refractivity contribution is 0.306. The van der Waals surface area contributed by atoms with Crippen molar-refractivity contribution in [1.29, 1.82) is 0 Å². The first-order valence-electron chi connectivity index (χ1n) is 8.60. The van der Waals surface area contributed by atoms with E-state index < -0.39 is 0 Å². The molecule has 0 unspecified atom stereocenters. The van der Waals surface area contributed by atoms with Crippen LogP contribution in [-0.2, 0) is 13.2 Å². The average Bonchev–Trinajstić information content (AvgIpc) is 2.72. The fourth-order valence-electron chi connectivity index (χ4n) is 2.53. The Morgan fingerprint density at radius 1 is 0.926 bits per heavy atom. The molecule has 4 nitrogen and oxygen atoms in total. The van der Waals surface area contributed by atoms with Crippen molar-refractivity contribution in [3.63, 3.8) is 0 Å². The molecule has 0 saturated heterocycles. The lowest BCUT2D eigenvalue weighted by Crippen LogP contribution is -2.06. The maximum atomic E-state index is 6.14. The van der Waals surface area contributed by atoms with Crippen molar-refractivity contribution < 1.29 is 9.47 Å². The van der Waals surface area contributed by atoms with Crippen LogP contribution in [0.5, 0.6) is 11.5 Å². The minimum Gasteiger partial charge on any atom is -0.496 e. The summed E-state index contributed by atoms with van der Waals surface area (Å²) in [5, 5.41) is 4.97. The molecule has 3 aromatic carbocycles. The van der Waals surface area contributed by atoms with Crippen LogP contribution in [0.4, 0.5) is 0 Å². The van der Waals surface area contributed by atoms with Crippen molar-refractivity contribution in [2.45, 2.75) is 13.2 Å². The van der Waals surface area contributed by atoms with E-state index in [2.05, 4.69) is 10.5 Å². The monoisotopic (exact) mass is 380 g/mol. The zero-order valence-corrected chi connectivity index (χ0v) is 15.8. The first kappa shape index (κ1) is 18.8. The van der Waals surface area contributed by atoms with Crippen LogP contribution in [0.15, 0.2) is 77.9 Å². The molecule has 5 heteroatoms. The number of hydrogen-bond donors (Lipinski definition) is 1. The normalized spacial score (nSPS) is 10.7. The van der Waals surface area contributed by atoms with Crippen molar-refractivity contribution >= 4 is 17.8 Å². The second-order valence-electron chi connectivity index (χ2n) is 5.85. The molecule has 0 aliphatic carbocycles. The van der Waals surface area contributed by atoms with Crippen molar-refractivity contribution in [3.05, 3.63) is 94.5 Å². The Bertz CT molecular complexity index is 895. The average molecular weight is 381 g/mol. The van der Waals surface area contributed by atoms with E-state index in [4.69, 9.17) is 21.1 Å². The molecule has 0 saturated carbocycles. The van der Waals surface area contributed by atoms with E-state index in [1.807, 2.05) is 72.8 Å². The summed E-state index contributed by atoms with van der Waals surface area (Å²) >= 11 is 6.14. The topological polar surface area (TPSA) is 42.8 Å². The minimum atomic E-state index is 0.438. The molecule has 0 radical (unpaired) electrons. The summed E-state index contributed by atoms with van der Waals surface area (Å²) in [6.45, 7) is 1.03. The SMILES string of the molecule is COc1ccccc1CN/N=C\c1ccc(OCc2ccccc2Cl)cc1. The third kappa shape index (κ3) is 5.50. The highest BCUT2D eigenvalue weighted by Crippen LogP contribution is 2.19. The number of benzene rings is 3. The number of hydrogen-bond acceptors (Lipinski definition) is 4. The van der Waals surface area contributed by atoms with Crippen LogP contribution < -0.4 is 14.9 Å². The third-order valence-corrected chi connectivity index (χ3v) is 4.37. The molecule has 0 fully saturated rings. The van der Waals surface area contributed by atoms with Crippen molar-refractivity contribution in [3.8, 4) is 11.5 Å². The van der Waals surface area contributed by atoms with Gasteiger partial charge >= 0.3 is 0 Å². The minimum absolute atomic E-state index is 0.438. The van der Waals surface area contributed by atoms with E-state index in [-0.39, 0.29) is 0 Å². The van der Waals surface area contributed by atoms with Crippen LogP contribution in [-0.4, -0.2) is 13.3 Å². The molecular weight excluding hydrogens is 360 g/mol. The van der Waals surface area contributed by atoms with Crippen molar-refractivity contribution in [2.24, 2.45) is 5.10 Å². The van der Waals surface area contributed by atoms with Gasteiger partial charge in [0.25, 0.3) is 0 Å². The highest BCUT2D eigenvalue weighted by Gasteiger charge is 2.01. The maximum absolute atomic E-state index is 6.14. The number of methoxy groups -OCH3 is 1. The predicted molar refractivity (Wildman–Crippen MR) is 110 cm³/mol. The van der Waals surface area contributed by atoms with Gasteiger partial charge in [0.05, 0.1) is 19.9 Å². The predicted octanol–water partition coefficient (Wildman–Crippen LogP) is 5.05. The van der Waals surface area contributed by atoms with Gasteiger partial charge in [-0.1, -0.05) is 48.0 Å². The zero-order valence-electron chi connectivity index (χ0n) is 15.1. The number of halogens is 1. The Morgan fingerprint density at radius 3 is 2.37 bits per heavy atom. The highest BCUT2D eigenvalue weighted by molar-refractivity contribution is 6.31. The molecule has 1 N–H and O–H groups in total. The van der Waals surface area contributed by atoms with Gasteiger partial charge in [0, 0.05) is 16.1 Å². The number of rotatable bonds is 8. The van der Waals surface area contributed by atoms with Crippen LogP contribution >= 0.6 is 11.6 Å². The summed E-state index contributed by atoms with van der Waals surface area (Å²) < 4.78 is 11.1. The standard InChI is InChI=1S/C22H21ClN2O2/c1-26-22-9-5-3-6-18(22)15-25-24-14-17-10-12-20(13-11-17)27-16-19-7-2-4-8-21(19)23/h2-14,25H,15-16H2,1H3/b24-14-. The molecule has 0 atom stereocenters. The van der Waals surface area contributed by atoms with Crippen molar-refractivity contribution in [1.82, 2.24) is 5.43 Å². The van der Waals surface area contributed by atoms with Gasteiger partial charge < -0.3 is 14.9 Å². The lowest BCUT2D eigenvalue weighted by atomic mass is 10.2. The van der Waals surface area contributed by atoms with Crippen LogP contribution in [0.2, 0.25) is 5.02 Å². The van der Waals surface area contributed by atoms with Gasteiger partial charge in [-0.15, -0.1) is 0 Å². The smallest absolute Gasteiger partial charge is 0.123 e. The highest BCUT2D eigenvalue weighted by atomic mass is 35.5. The molecule has 138 valence electrons. The van der Waals surface area contributed by atoms with Gasteiger partial charge in [0.1, 0.15) is 18.1 Å². The maximum Gasteiger partial charge on any atom is 0.123 e. The summed E-state index contributed by atoms with van der Waals surface area (Å²) in [5.41, 5.74) is 6.03. The van der Waals surface area contributed by atoms with Crippen LogP contribution in [0.3, 0.4) is 0 Å². The van der Waals surface area contributed by atoms with Gasteiger partial charge in [0.2, 0.25) is 0 Å². The van der Waals surface area contributed by atoms with E-state index in [9.17, 15) is 0 Å². The van der Waals surface area contributed by atoms with Crippen LogP contribution in [0, 0.1) is 0 Å². The van der Waals surface area contributed by atoms with E-state index in [1.54, 1.807) is 13.3 Å². The van der Waals surface area contributed by atoms with Gasteiger partial charge in [-0.2, -0.15) is 5.10 Å². The third-order valence-electron chi connectivity index (χ3n) is 4.00. The molecule has 0 aliphatic heterocycles.